The third kappa shape index (κ3) is 5.17. The van der Waals surface area contributed by atoms with E-state index < -0.39 is 15.8 Å². The second-order valence-electron chi connectivity index (χ2n) is 9.51. The topological polar surface area (TPSA) is 128 Å². The molecule has 0 bridgehead atoms. The van der Waals surface area contributed by atoms with Crippen molar-refractivity contribution < 1.29 is 17.9 Å². The predicted molar refractivity (Wildman–Crippen MR) is 150 cm³/mol. The van der Waals surface area contributed by atoms with E-state index in [-0.39, 0.29) is 16.2 Å². The van der Waals surface area contributed by atoms with Gasteiger partial charge in [0.2, 0.25) is 15.7 Å². The van der Waals surface area contributed by atoms with Crippen LogP contribution < -0.4 is 16.0 Å². The Morgan fingerprint density at radius 1 is 1.11 bits per heavy atom. The minimum Gasteiger partial charge on any atom is -0.380 e. The summed E-state index contributed by atoms with van der Waals surface area (Å²) in [6, 6.07) is 12.2. The van der Waals surface area contributed by atoms with Crippen LogP contribution in [0, 0.1) is 5.41 Å². The number of hydrogen-bond acceptors (Lipinski definition) is 10. The summed E-state index contributed by atoms with van der Waals surface area (Å²) in [6.45, 7) is 3.30. The van der Waals surface area contributed by atoms with Crippen LogP contribution in [-0.2, 0) is 19.4 Å². The summed E-state index contributed by atoms with van der Waals surface area (Å²) in [5.41, 5.74) is 7.05. The van der Waals surface area contributed by atoms with Crippen LogP contribution in [0.2, 0.25) is 0 Å². The maximum absolute atomic E-state index is 13.3. The van der Waals surface area contributed by atoms with E-state index in [1.54, 1.807) is 42.7 Å². The monoisotopic (exact) mass is 569 g/mol. The standard InChI is InChI=1S/C23H23N3O4S2.C3H4N2S/c1-23(13-30-14-23)12-16(21(27)25-22-24-9-10-31-22)15-7-8-20-18(11-15)26(2)17-5-3-4-6-19(17)32(20,28)29;4-3-5-1-2-6-3/h3-11,16H,12-14H2,1-2H3,(H,24,25,27);1-2H,(H2,4,5). The molecule has 6 rings (SSSR count). The molecule has 1 saturated heterocycles. The summed E-state index contributed by atoms with van der Waals surface area (Å²) in [7, 11) is -1.79. The first-order chi connectivity index (χ1) is 18.2. The number of rotatable bonds is 5. The molecular weight excluding hydrogens is 543 g/mol. The van der Waals surface area contributed by atoms with E-state index in [2.05, 4.69) is 22.2 Å². The first-order valence-corrected chi connectivity index (χ1v) is 15.1. The molecule has 1 fully saturated rings. The number of sulfone groups is 1. The number of ether oxygens (including phenoxy) is 1. The van der Waals surface area contributed by atoms with Gasteiger partial charge in [-0.15, -0.1) is 22.7 Å². The number of thiazole rings is 2. The Labute approximate surface area is 229 Å². The van der Waals surface area contributed by atoms with Gasteiger partial charge in [-0.3, -0.25) is 4.79 Å². The zero-order valence-corrected chi connectivity index (χ0v) is 23.3. The fourth-order valence-electron chi connectivity index (χ4n) is 4.59. The molecule has 2 aromatic carbocycles. The number of carbonyl (C=O) groups excluding carboxylic acids is 1. The highest BCUT2D eigenvalue weighted by molar-refractivity contribution is 7.92. The maximum atomic E-state index is 13.3. The molecule has 4 aromatic rings. The van der Waals surface area contributed by atoms with Crippen LogP contribution in [0.25, 0.3) is 0 Å². The lowest BCUT2D eigenvalue weighted by Gasteiger charge is -2.40. The normalized spacial score (nSPS) is 17.2. The number of nitrogens with two attached hydrogens (primary N) is 1. The maximum Gasteiger partial charge on any atom is 0.233 e. The van der Waals surface area contributed by atoms with Gasteiger partial charge in [0.1, 0.15) is 0 Å². The van der Waals surface area contributed by atoms with E-state index >= 15 is 0 Å². The minimum atomic E-state index is -3.64. The number of benzene rings is 2. The van der Waals surface area contributed by atoms with E-state index in [1.165, 1.54) is 22.7 Å². The molecule has 2 aliphatic rings. The van der Waals surface area contributed by atoms with E-state index in [9.17, 15) is 13.2 Å². The van der Waals surface area contributed by atoms with Gasteiger partial charge in [0.05, 0.1) is 40.3 Å². The predicted octanol–water partition coefficient (Wildman–Crippen LogP) is 4.93. The van der Waals surface area contributed by atoms with Crippen molar-refractivity contribution in [2.24, 2.45) is 5.41 Å². The van der Waals surface area contributed by atoms with Gasteiger partial charge in [-0.05, 0) is 36.2 Å². The second-order valence-corrected chi connectivity index (χ2v) is 13.2. The smallest absolute Gasteiger partial charge is 0.233 e. The summed E-state index contributed by atoms with van der Waals surface area (Å²) in [4.78, 5) is 23.6. The number of amides is 1. The summed E-state index contributed by atoms with van der Waals surface area (Å²) >= 11 is 2.81. The van der Waals surface area contributed by atoms with Crippen LogP contribution in [0.4, 0.5) is 21.6 Å². The molecule has 38 heavy (non-hydrogen) atoms. The fraction of sp³-hybridized carbons (Fsp3) is 0.269. The quantitative estimate of drug-likeness (QED) is 0.346. The van der Waals surface area contributed by atoms with E-state index in [1.807, 2.05) is 34.8 Å². The highest BCUT2D eigenvalue weighted by atomic mass is 32.2. The first kappa shape index (κ1) is 26.3. The lowest BCUT2D eigenvalue weighted by atomic mass is 9.76. The van der Waals surface area contributed by atoms with Gasteiger partial charge in [0.25, 0.3) is 0 Å². The molecule has 2 aliphatic heterocycles. The van der Waals surface area contributed by atoms with Crippen LogP contribution in [0.1, 0.15) is 24.8 Å². The lowest BCUT2D eigenvalue weighted by molar-refractivity contribution is -0.126. The van der Waals surface area contributed by atoms with Crippen molar-refractivity contribution in [3.05, 3.63) is 71.2 Å². The molecule has 0 aliphatic carbocycles. The molecule has 2 aromatic heterocycles. The number of carbonyl (C=O) groups is 1. The van der Waals surface area contributed by atoms with Crippen LogP contribution in [0.5, 0.6) is 0 Å². The number of nitrogens with one attached hydrogen (secondary N) is 1. The fourth-order valence-corrected chi connectivity index (χ4v) is 7.19. The first-order valence-electron chi connectivity index (χ1n) is 11.8. The lowest BCUT2D eigenvalue weighted by Crippen LogP contribution is -2.42. The van der Waals surface area contributed by atoms with Crippen LogP contribution >= 0.6 is 22.7 Å². The molecule has 0 radical (unpaired) electrons. The number of anilines is 4. The summed E-state index contributed by atoms with van der Waals surface area (Å²) < 4.78 is 31.8. The van der Waals surface area contributed by atoms with Gasteiger partial charge in [0, 0.05) is 35.6 Å². The molecule has 0 saturated carbocycles. The molecule has 9 nitrogen and oxygen atoms in total. The molecule has 1 atom stereocenters. The van der Waals surface area contributed by atoms with Crippen molar-refractivity contribution in [1.29, 1.82) is 0 Å². The summed E-state index contributed by atoms with van der Waals surface area (Å²) in [5.74, 6) is -0.624. The van der Waals surface area contributed by atoms with E-state index in [0.29, 0.717) is 46.2 Å². The summed E-state index contributed by atoms with van der Waals surface area (Å²) in [6.07, 6.45) is 3.92. The molecule has 12 heteroatoms. The molecular formula is C26H27N5O4S3. The zero-order valence-electron chi connectivity index (χ0n) is 20.8. The van der Waals surface area contributed by atoms with Crippen LogP contribution in [0.3, 0.4) is 0 Å². The SMILES string of the molecule is CN1c2ccccc2S(=O)(=O)c2ccc(C(CC3(C)COC3)C(=O)Nc3nccs3)cc21.Nc1nccs1. The largest absolute Gasteiger partial charge is 0.380 e. The summed E-state index contributed by atoms with van der Waals surface area (Å²) in [5, 5.41) is 7.74. The molecule has 4 heterocycles. The third-order valence-electron chi connectivity index (χ3n) is 6.58. The molecule has 0 spiro atoms. The number of hydrogen-bond donors (Lipinski definition) is 2. The third-order valence-corrected chi connectivity index (χ3v) is 9.72. The highest BCUT2D eigenvalue weighted by Gasteiger charge is 2.40. The Morgan fingerprint density at radius 2 is 1.82 bits per heavy atom. The molecule has 3 N–H and O–H groups in total. The Morgan fingerprint density at radius 3 is 2.42 bits per heavy atom. The van der Waals surface area contributed by atoms with Gasteiger partial charge >= 0.3 is 0 Å². The van der Waals surface area contributed by atoms with Crippen molar-refractivity contribution in [3.8, 4) is 0 Å². The Hall–Kier alpha value is -3.32. The Bertz CT molecular complexity index is 1530. The molecule has 198 valence electrons. The molecule has 1 unspecified atom stereocenters. The van der Waals surface area contributed by atoms with Crippen molar-refractivity contribution >= 4 is 60.1 Å². The number of nitrogen functional groups attached to an aromatic ring is 1. The van der Waals surface area contributed by atoms with E-state index in [4.69, 9.17) is 10.5 Å². The zero-order chi connectivity index (χ0) is 26.9. The minimum absolute atomic E-state index is 0.106. The van der Waals surface area contributed by atoms with Gasteiger partial charge in [-0.25, -0.2) is 18.4 Å². The van der Waals surface area contributed by atoms with Crippen molar-refractivity contribution in [1.82, 2.24) is 9.97 Å². The van der Waals surface area contributed by atoms with E-state index in [0.717, 1.165) is 5.56 Å². The van der Waals surface area contributed by atoms with Crippen LogP contribution in [-0.4, -0.2) is 44.6 Å². The number of nitrogens with zero attached hydrogens (tertiary/aromatic N) is 3. The average Bonchev–Trinajstić information content (AvgIpc) is 3.59. The number of aromatic nitrogens is 2. The van der Waals surface area contributed by atoms with Crippen molar-refractivity contribution in [2.75, 3.05) is 36.2 Å². The van der Waals surface area contributed by atoms with Gasteiger partial charge in [0.15, 0.2) is 10.3 Å². The Kier molecular flexibility index (Phi) is 7.23. The van der Waals surface area contributed by atoms with Gasteiger partial charge < -0.3 is 20.7 Å². The average molecular weight is 570 g/mol. The van der Waals surface area contributed by atoms with Crippen molar-refractivity contribution in [3.63, 3.8) is 0 Å². The van der Waals surface area contributed by atoms with Gasteiger partial charge in [-0.1, -0.05) is 25.1 Å². The van der Waals surface area contributed by atoms with Gasteiger partial charge in [-0.2, -0.15) is 0 Å². The number of fused-ring (bicyclic) bond motifs is 2. The molecule has 1 amide bonds. The Balaban J connectivity index is 0.000000433. The number of para-hydroxylation sites is 1. The second kappa shape index (κ2) is 10.4. The van der Waals surface area contributed by atoms with Crippen LogP contribution in [0.15, 0.2) is 75.4 Å². The highest BCUT2D eigenvalue weighted by Crippen LogP contribution is 2.45. The van der Waals surface area contributed by atoms with Crippen molar-refractivity contribution in [2.45, 2.75) is 29.1 Å².